The Bertz CT molecular complexity index is 120. The van der Waals surface area contributed by atoms with Crippen LogP contribution in [0.5, 0.6) is 0 Å². The molecule has 0 aromatic heterocycles. The lowest BCUT2D eigenvalue weighted by atomic mass is 10.1. The van der Waals surface area contributed by atoms with E-state index in [0.717, 1.165) is 0 Å². The van der Waals surface area contributed by atoms with E-state index in [4.69, 9.17) is 21.1 Å². The standard InChI is InChI=1S/C5H11NO4/c6-1-2-3(7)4(8)5(9)10-2/h2-5,7-9H,1,6H2/t2?,3-,4?,5?/m0/s1. The van der Waals surface area contributed by atoms with E-state index >= 15 is 0 Å². The van der Waals surface area contributed by atoms with Crippen molar-refractivity contribution in [3.05, 3.63) is 0 Å². The van der Waals surface area contributed by atoms with Crippen molar-refractivity contribution >= 4 is 0 Å². The molecule has 0 spiro atoms. The normalized spacial score (nSPS) is 48.0. The molecular weight excluding hydrogens is 138 g/mol. The van der Waals surface area contributed by atoms with Gasteiger partial charge in [-0.05, 0) is 0 Å². The average molecular weight is 149 g/mol. The molecule has 5 N–H and O–H groups in total. The summed E-state index contributed by atoms with van der Waals surface area (Å²) in [6.07, 6.45) is -4.25. The summed E-state index contributed by atoms with van der Waals surface area (Å²) in [6.45, 7) is 0.0925. The molecule has 1 fully saturated rings. The maximum Gasteiger partial charge on any atom is 0.184 e. The molecule has 5 nitrogen and oxygen atoms in total. The van der Waals surface area contributed by atoms with Crippen LogP contribution in [-0.4, -0.2) is 46.5 Å². The number of rotatable bonds is 1. The van der Waals surface area contributed by atoms with E-state index in [1.807, 2.05) is 0 Å². The second kappa shape index (κ2) is 2.81. The summed E-state index contributed by atoms with van der Waals surface area (Å²) >= 11 is 0. The van der Waals surface area contributed by atoms with Crippen molar-refractivity contribution in [3.8, 4) is 0 Å². The lowest BCUT2D eigenvalue weighted by Gasteiger charge is -2.10. The van der Waals surface area contributed by atoms with Crippen LogP contribution in [0.25, 0.3) is 0 Å². The molecule has 0 aliphatic carbocycles. The SMILES string of the molecule is NCC1OC(O)C(O)[C@H]1O. The van der Waals surface area contributed by atoms with Gasteiger partial charge in [0, 0.05) is 6.54 Å². The Morgan fingerprint density at radius 2 is 1.80 bits per heavy atom. The topological polar surface area (TPSA) is 95.9 Å². The van der Waals surface area contributed by atoms with Gasteiger partial charge in [0.1, 0.15) is 18.3 Å². The Hall–Kier alpha value is -0.200. The van der Waals surface area contributed by atoms with Crippen molar-refractivity contribution in [2.24, 2.45) is 5.73 Å². The van der Waals surface area contributed by atoms with Gasteiger partial charge in [0.2, 0.25) is 0 Å². The lowest BCUT2D eigenvalue weighted by molar-refractivity contribution is -0.125. The summed E-state index contributed by atoms with van der Waals surface area (Å²) in [6, 6.07) is 0. The van der Waals surface area contributed by atoms with E-state index in [9.17, 15) is 0 Å². The highest BCUT2D eigenvalue weighted by Gasteiger charge is 2.40. The van der Waals surface area contributed by atoms with Gasteiger partial charge >= 0.3 is 0 Å². The number of ether oxygens (including phenoxy) is 1. The third-order valence-corrected chi connectivity index (χ3v) is 1.57. The predicted molar refractivity (Wildman–Crippen MR) is 31.9 cm³/mol. The first-order chi connectivity index (χ1) is 4.66. The Balaban J connectivity index is 2.53. The third-order valence-electron chi connectivity index (χ3n) is 1.57. The van der Waals surface area contributed by atoms with Gasteiger partial charge in [-0.2, -0.15) is 0 Å². The molecule has 1 aliphatic heterocycles. The summed E-state index contributed by atoms with van der Waals surface area (Å²) < 4.78 is 4.67. The van der Waals surface area contributed by atoms with Crippen LogP contribution in [0, 0.1) is 0 Å². The van der Waals surface area contributed by atoms with E-state index < -0.39 is 24.6 Å². The molecule has 10 heavy (non-hydrogen) atoms. The summed E-state index contributed by atoms with van der Waals surface area (Å²) in [5.41, 5.74) is 5.14. The third kappa shape index (κ3) is 1.14. The van der Waals surface area contributed by atoms with E-state index in [1.54, 1.807) is 0 Å². The van der Waals surface area contributed by atoms with Crippen LogP contribution in [0.4, 0.5) is 0 Å². The van der Waals surface area contributed by atoms with Crippen molar-refractivity contribution in [2.75, 3.05) is 6.54 Å². The fourth-order valence-corrected chi connectivity index (χ4v) is 0.924. The molecular formula is C5H11NO4. The number of aliphatic hydroxyl groups excluding tert-OH is 3. The number of hydrogen-bond acceptors (Lipinski definition) is 5. The van der Waals surface area contributed by atoms with Gasteiger partial charge in [0.05, 0.1) is 0 Å². The molecule has 4 atom stereocenters. The predicted octanol–water partition coefficient (Wildman–Crippen LogP) is -2.62. The number of nitrogens with two attached hydrogens (primary N) is 1. The minimum atomic E-state index is -1.30. The van der Waals surface area contributed by atoms with E-state index in [-0.39, 0.29) is 6.54 Å². The van der Waals surface area contributed by atoms with Crippen molar-refractivity contribution in [1.82, 2.24) is 0 Å². The molecule has 1 aliphatic rings. The minimum Gasteiger partial charge on any atom is -0.387 e. The van der Waals surface area contributed by atoms with Crippen molar-refractivity contribution in [1.29, 1.82) is 0 Å². The van der Waals surface area contributed by atoms with Crippen LogP contribution in [0.3, 0.4) is 0 Å². The van der Waals surface area contributed by atoms with Crippen molar-refractivity contribution < 1.29 is 20.1 Å². The fraction of sp³-hybridized carbons (Fsp3) is 1.00. The smallest absolute Gasteiger partial charge is 0.184 e. The highest BCUT2D eigenvalue weighted by molar-refractivity contribution is 4.85. The van der Waals surface area contributed by atoms with Crippen LogP contribution >= 0.6 is 0 Å². The Morgan fingerprint density at radius 3 is 2.00 bits per heavy atom. The zero-order valence-corrected chi connectivity index (χ0v) is 5.34. The van der Waals surface area contributed by atoms with Gasteiger partial charge < -0.3 is 25.8 Å². The second-order valence-electron chi connectivity index (χ2n) is 2.28. The summed E-state index contributed by atoms with van der Waals surface area (Å²) in [4.78, 5) is 0. The van der Waals surface area contributed by atoms with Gasteiger partial charge in [0.25, 0.3) is 0 Å². The van der Waals surface area contributed by atoms with Gasteiger partial charge in [-0.1, -0.05) is 0 Å². The van der Waals surface area contributed by atoms with Crippen LogP contribution < -0.4 is 5.73 Å². The lowest BCUT2D eigenvalue weighted by Crippen LogP contribution is -2.35. The molecule has 0 amide bonds. The van der Waals surface area contributed by atoms with Gasteiger partial charge in [-0.15, -0.1) is 0 Å². The molecule has 3 unspecified atom stereocenters. The number of aliphatic hydroxyl groups is 3. The highest BCUT2D eigenvalue weighted by Crippen LogP contribution is 2.17. The monoisotopic (exact) mass is 149 g/mol. The molecule has 0 bridgehead atoms. The van der Waals surface area contributed by atoms with E-state index in [1.165, 1.54) is 0 Å². The number of hydrogen-bond donors (Lipinski definition) is 4. The van der Waals surface area contributed by atoms with E-state index in [0.29, 0.717) is 0 Å². The fourth-order valence-electron chi connectivity index (χ4n) is 0.924. The van der Waals surface area contributed by atoms with Gasteiger partial charge in [0.15, 0.2) is 6.29 Å². The second-order valence-corrected chi connectivity index (χ2v) is 2.28. The van der Waals surface area contributed by atoms with E-state index in [2.05, 4.69) is 4.74 Å². The summed E-state index contributed by atoms with van der Waals surface area (Å²) in [5.74, 6) is 0. The molecule has 0 radical (unpaired) electrons. The molecule has 0 saturated carbocycles. The Labute approximate surface area is 58.0 Å². The van der Waals surface area contributed by atoms with Crippen LogP contribution in [-0.2, 0) is 4.74 Å². The first-order valence-corrected chi connectivity index (χ1v) is 3.06. The molecule has 1 rings (SSSR count). The van der Waals surface area contributed by atoms with Crippen LogP contribution in [0.15, 0.2) is 0 Å². The highest BCUT2D eigenvalue weighted by atomic mass is 16.6. The molecule has 60 valence electrons. The molecule has 1 saturated heterocycles. The largest absolute Gasteiger partial charge is 0.387 e. The van der Waals surface area contributed by atoms with Crippen molar-refractivity contribution in [2.45, 2.75) is 24.6 Å². The van der Waals surface area contributed by atoms with Crippen LogP contribution in [0.2, 0.25) is 0 Å². The summed E-state index contributed by atoms with van der Waals surface area (Å²) in [5, 5.41) is 26.7. The molecule has 0 aromatic rings. The Kier molecular flexibility index (Phi) is 2.22. The maximum atomic E-state index is 9.01. The van der Waals surface area contributed by atoms with Crippen molar-refractivity contribution in [3.63, 3.8) is 0 Å². The van der Waals surface area contributed by atoms with Gasteiger partial charge in [-0.3, -0.25) is 0 Å². The average Bonchev–Trinajstić information content (AvgIpc) is 2.17. The first-order valence-electron chi connectivity index (χ1n) is 3.06. The molecule has 5 heteroatoms. The maximum absolute atomic E-state index is 9.01. The van der Waals surface area contributed by atoms with Crippen LogP contribution in [0.1, 0.15) is 0 Å². The minimum absolute atomic E-state index is 0.0925. The Morgan fingerprint density at radius 1 is 1.20 bits per heavy atom. The molecule has 1 heterocycles. The van der Waals surface area contributed by atoms with Gasteiger partial charge in [-0.25, -0.2) is 0 Å². The quantitative estimate of drug-likeness (QED) is 0.327. The first kappa shape index (κ1) is 7.90. The molecule has 0 aromatic carbocycles. The summed E-state index contributed by atoms with van der Waals surface area (Å²) in [7, 11) is 0. The zero-order chi connectivity index (χ0) is 7.72. The zero-order valence-electron chi connectivity index (χ0n) is 5.34.